The minimum Gasteiger partial charge on any atom is -0.0776 e. The second-order valence-corrected chi connectivity index (χ2v) is 1.000. The summed E-state index contributed by atoms with van der Waals surface area (Å²) in [4.78, 5) is 0. The van der Waals surface area contributed by atoms with Crippen molar-refractivity contribution in [2.75, 3.05) is 0 Å². The Morgan fingerprint density at radius 1 is 0.833 bits per heavy atom. The van der Waals surface area contributed by atoms with Gasteiger partial charge in [0.05, 0.1) is 0 Å². The van der Waals surface area contributed by atoms with Gasteiger partial charge in [-0.25, -0.2) is 0 Å². The Balaban J connectivity index is -0.0000000450. The van der Waals surface area contributed by atoms with E-state index >= 15 is 0 Å². The Bertz CT molecular complexity index is 2.00. The number of hydrogen-bond acceptors (Lipinski definition) is 0. The predicted octanol–water partition coefficient (Wildman–Crippen LogP) is 3.08. The average molecular weight is 90.2 g/mol. The van der Waals surface area contributed by atoms with E-state index in [4.69, 9.17) is 0 Å². The second-order valence-electron chi connectivity index (χ2n) is 1.000. The lowest BCUT2D eigenvalue weighted by Crippen LogP contribution is -1.47. The van der Waals surface area contributed by atoms with E-state index in [1.807, 2.05) is 0 Å². The van der Waals surface area contributed by atoms with Crippen LogP contribution in [0, 0.1) is 0 Å². The molecule has 0 atom stereocenters. The van der Waals surface area contributed by atoms with Crippen molar-refractivity contribution in [3.63, 3.8) is 0 Å². The molecule has 6 heavy (non-hydrogen) atoms. The molecule has 0 spiro atoms. The number of unbranched alkanes of at least 4 members (excludes halogenated alkanes) is 1. The molecule has 0 saturated carbocycles. The van der Waals surface area contributed by atoms with Crippen LogP contribution >= 0.6 is 0 Å². The predicted molar refractivity (Wildman–Crippen MR) is 34.0 cm³/mol. The van der Waals surface area contributed by atoms with Gasteiger partial charge in [-0.15, -0.1) is 0 Å². The molecule has 0 aliphatic carbocycles. The molecule has 0 heterocycles. The lowest BCUT2D eigenvalue weighted by Gasteiger charge is -1.68. The van der Waals surface area contributed by atoms with E-state index in [9.17, 15) is 0 Å². The van der Waals surface area contributed by atoms with Gasteiger partial charge in [0.15, 0.2) is 0 Å². The van der Waals surface area contributed by atoms with Crippen molar-refractivity contribution >= 4 is 0 Å². The Hall–Kier alpha value is 0. The van der Waals surface area contributed by atoms with E-state index < -0.39 is 0 Å². The fourth-order valence-corrected chi connectivity index (χ4v) is 0. The van der Waals surface area contributed by atoms with Crippen molar-refractivity contribution in [1.82, 2.24) is 0 Å². The molecule has 0 aliphatic heterocycles. The molecular weight excluding hydrogens is 72.1 g/mol. The smallest absolute Gasteiger partial charge is 0.0564 e. The van der Waals surface area contributed by atoms with Gasteiger partial charge in [0.25, 0.3) is 0 Å². The fourth-order valence-electron chi connectivity index (χ4n) is 0. The summed E-state index contributed by atoms with van der Waals surface area (Å²) in [5.41, 5.74) is 0. The van der Waals surface area contributed by atoms with Gasteiger partial charge in [-0.3, -0.25) is 0 Å². The van der Waals surface area contributed by atoms with Crippen LogP contribution in [0.25, 0.3) is 0 Å². The normalized spacial score (nSPS) is 5.00. The first-order valence-electron chi connectivity index (χ1n) is 1.91. The summed E-state index contributed by atoms with van der Waals surface area (Å²) in [5, 5.41) is 0. The Labute approximate surface area is 42.6 Å². The van der Waals surface area contributed by atoms with E-state index in [-0.39, 0.29) is 14.9 Å². The third-order valence-corrected chi connectivity index (χ3v) is 0.500. The van der Waals surface area contributed by atoms with Gasteiger partial charge in [0.1, 0.15) is 0 Å². The molecule has 0 unspecified atom stereocenters. The zero-order valence-corrected chi connectivity index (χ0v) is 3.41. The highest BCUT2D eigenvalue weighted by molar-refractivity contribution is 4.12. The lowest BCUT2D eigenvalue weighted by molar-refractivity contribution is 0.886. The Morgan fingerprint density at radius 2 is 1.00 bits per heavy atom. The van der Waals surface area contributed by atoms with E-state index in [1.165, 1.54) is 12.8 Å². The molecule has 0 aromatic heterocycles. The number of rotatable bonds is 1. The van der Waals surface area contributed by atoms with Crippen molar-refractivity contribution in [3.05, 3.63) is 0 Å². The standard InChI is InChI=1S/C4H10.2CH4/c1-3-4-2;;/h3-4H2,1-2H3;2*1H4. The highest BCUT2D eigenvalue weighted by Gasteiger charge is 1.56. The largest absolute Gasteiger partial charge is 0.0776 e. The zero-order chi connectivity index (χ0) is 3.41. The van der Waals surface area contributed by atoms with Crippen LogP contribution in [-0.4, -0.2) is 0 Å². The molecule has 0 radical (unpaired) electrons. The molecule has 0 bridgehead atoms. The van der Waals surface area contributed by atoms with E-state index in [1.54, 1.807) is 0 Å². The molecule has 0 aliphatic rings. The first-order valence-corrected chi connectivity index (χ1v) is 1.91. The molecule has 0 aromatic rings. The van der Waals surface area contributed by atoms with Gasteiger partial charge < -0.3 is 0 Å². The monoisotopic (exact) mass is 90.1 g/mol. The molecule has 0 aromatic carbocycles. The van der Waals surface area contributed by atoms with Crippen LogP contribution in [0.15, 0.2) is 0 Å². The summed E-state index contributed by atoms with van der Waals surface area (Å²) in [6.45, 7) is 4.36. The molecule has 0 amide bonds. The topological polar surface area (TPSA) is 0 Å². The van der Waals surface area contributed by atoms with Crippen LogP contribution in [0.5, 0.6) is 0 Å². The summed E-state index contributed by atoms with van der Waals surface area (Å²) >= 11 is 0. The van der Waals surface area contributed by atoms with Crippen molar-refractivity contribution in [1.29, 1.82) is 0 Å². The molecule has 42 valence electrons. The third kappa shape index (κ3) is 36.0. The average Bonchev–Trinajstić information content (AvgIpc) is 1.37. The number of hydrogen-bond donors (Lipinski definition) is 0. The molecule has 0 saturated heterocycles. The highest BCUT2D eigenvalue weighted by atomic mass is 13.6. The highest BCUT2D eigenvalue weighted by Crippen LogP contribution is 1.76. The molecule has 0 rings (SSSR count). The summed E-state index contributed by atoms with van der Waals surface area (Å²) in [6.07, 6.45) is 2.64. The maximum Gasteiger partial charge on any atom is -0.0564 e. The Kier molecular flexibility index (Phi) is 55.6. The van der Waals surface area contributed by atoms with Crippen LogP contribution in [0.4, 0.5) is 0 Å². The zero-order valence-electron chi connectivity index (χ0n) is 3.41. The van der Waals surface area contributed by atoms with Gasteiger partial charge in [-0.2, -0.15) is 0 Å². The first kappa shape index (κ1) is 16.7. The molecule has 0 fully saturated rings. The van der Waals surface area contributed by atoms with Crippen LogP contribution in [0.2, 0.25) is 0 Å². The lowest BCUT2D eigenvalue weighted by atomic mass is 10.4. The molecule has 0 heteroatoms. The first-order chi connectivity index (χ1) is 1.91. The second kappa shape index (κ2) is 20.0. The molecule has 0 N–H and O–H groups in total. The maximum atomic E-state index is 2.18. The summed E-state index contributed by atoms with van der Waals surface area (Å²) < 4.78 is 0. The summed E-state index contributed by atoms with van der Waals surface area (Å²) in [6, 6.07) is 0. The SMILES string of the molecule is C.C.CCCC. The minimum atomic E-state index is 0. The summed E-state index contributed by atoms with van der Waals surface area (Å²) in [5.74, 6) is 0. The van der Waals surface area contributed by atoms with E-state index in [0.29, 0.717) is 0 Å². The van der Waals surface area contributed by atoms with Crippen molar-refractivity contribution in [2.45, 2.75) is 41.5 Å². The van der Waals surface area contributed by atoms with Crippen LogP contribution in [0.3, 0.4) is 0 Å². The summed E-state index contributed by atoms with van der Waals surface area (Å²) in [7, 11) is 0. The molecular formula is C6H18. The van der Waals surface area contributed by atoms with Gasteiger partial charge in [0, 0.05) is 0 Å². The van der Waals surface area contributed by atoms with Gasteiger partial charge in [-0.05, 0) is 0 Å². The maximum absolute atomic E-state index is 2.18. The Morgan fingerprint density at radius 3 is 1.00 bits per heavy atom. The molecule has 0 nitrogen and oxygen atoms in total. The van der Waals surface area contributed by atoms with Gasteiger partial charge in [-0.1, -0.05) is 41.5 Å². The van der Waals surface area contributed by atoms with Crippen LogP contribution in [-0.2, 0) is 0 Å². The fraction of sp³-hybridized carbons (Fsp3) is 1.00. The van der Waals surface area contributed by atoms with Crippen LogP contribution in [0.1, 0.15) is 41.5 Å². The van der Waals surface area contributed by atoms with Crippen molar-refractivity contribution < 1.29 is 0 Å². The van der Waals surface area contributed by atoms with Crippen molar-refractivity contribution in [3.8, 4) is 0 Å². The van der Waals surface area contributed by atoms with Gasteiger partial charge in [0.2, 0.25) is 0 Å². The van der Waals surface area contributed by atoms with Crippen LogP contribution < -0.4 is 0 Å². The third-order valence-electron chi connectivity index (χ3n) is 0.500. The van der Waals surface area contributed by atoms with E-state index in [0.717, 1.165) is 0 Å². The minimum absolute atomic E-state index is 0. The van der Waals surface area contributed by atoms with E-state index in [2.05, 4.69) is 13.8 Å². The van der Waals surface area contributed by atoms with Crippen molar-refractivity contribution in [2.24, 2.45) is 0 Å². The quantitative estimate of drug-likeness (QED) is 0.464. The van der Waals surface area contributed by atoms with Gasteiger partial charge >= 0.3 is 0 Å².